The number of nitrogens with zero attached hydrogens (tertiary/aromatic N) is 4. The van der Waals surface area contributed by atoms with Gasteiger partial charge in [0.25, 0.3) is 0 Å². The molecule has 0 saturated carbocycles. The maximum absolute atomic E-state index is 4.83. The molecule has 1 aliphatic rings. The fourth-order valence-electron chi connectivity index (χ4n) is 2.77. The van der Waals surface area contributed by atoms with E-state index in [1.165, 1.54) is 6.42 Å². The van der Waals surface area contributed by atoms with Gasteiger partial charge in [-0.15, -0.1) is 0 Å². The summed E-state index contributed by atoms with van der Waals surface area (Å²) in [6, 6.07) is 0.277. The van der Waals surface area contributed by atoms with Crippen LogP contribution in [0.15, 0.2) is 0 Å². The van der Waals surface area contributed by atoms with Crippen molar-refractivity contribution in [1.29, 1.82) is 0 Å². The minimum absolute atomic E-state index is 0.277. The lowest BCUT2D eigenvalue weighted by Crippen LogP contribution is -2.32. The lowest BCUT2D eigenvalue weighted by molar-refractivity contribution is 0.219. The maximum atomic E-state index is 4.83. The molecule has 118 valence electrons. The Morgan fingerprint density at radius 2 is 1.95 bits per heavy atom. The molecular formula is C16H29N5. The average Bonchev–Trinajstić information content (AvgIpc) is 2.62. The van der Waals surface area contributed by atoms with Crippen molar-refractivity contribution in [3.63, 3.8) is 0 Å². The molecule has 0 spiro atoms. The fraction of sp³-hybridized carbons (Fsp3) is 0.750. The molecular weight excluding hydrogens is 262 g/mol. The number of rotatable bonds is 4. The quantitative estimate of drug-likeness (QED) is 0.921. The SMILES string of the molecule is CCCNc1nc(C2CN(C)CCCN2C)nc(C)c1C. The van der Waals surface area contributed by atoms with Crippen LogP contribution in [0.2, 0.25) is 0 Å². The highest BCUT2D eigenvalue weighted by Gasteiger charge is 2.25. The minimum atomic E-state index is 0.277. The first kappa shape index (κ1) is 16.2. The zero-order valence-corrected chi connectivity index (χ0v) is 14.1. The van der Waals surface area contributed by atoms with Crippen molar-refractivity contribution in [1.82, 2.24) is 19.8 Å². The number of likely N-dealkylation sites (N-methyl/N-ethyl adjacent to an activating group) is 2. The highest BCUT2D eigenvalue weighted by atomic mass is 15.2. The van der Waals surface area contributed by atoms with Crippen molar-refractivity contribution in [3.05, 3.63) is 17.1 Å². The third-order valence-electron chi connectivity index (χ3n) is 4.31. The van der Waals surface area contributed by atoms with Gasteiger partial charge in [0, 0.05) is 24.3 Å². The molecule has 1 fully saturated rings. The third-order valence-corrected chi connectivity index (χ3v) is 4.31. The zero-order valence-electron chi connectivity index (χ0n) is 14.1. The molecule has 0 amide bonds. The van der Waals surface area contributed by atoms with E-state index in [0.717, 1.165) is 55.5 Å². The summed E-state index contributed by atoms with van der Waals surface area (Å²) >= 11 is 0. The van der Waals surface area contributed by atoms with Gasteiger partial charge in [-0.2, -0.15) is 0 Å². The summed E-state index contributed by atoms with van der Waals surface area (Å²) < 4.78 is 0. The molecule has 0 bridgehead atoms. The van der Waals surface area contributed by atoms with Gasteiger partial charge in [-0.05, 0) is 53.9 Å². The summed E-state index contributed by atoms with van der Waals surface area (Å²) in [4.78, 5) is 14.4. The summed E-state index contributed by atoms with van der Waals surface area (Å²) in [5, 5.41) is 3.44. The van der Waals surface area contributed by atoms with Crippen molar-refractivity contribution in [2.75, 3.05) is 45.6 Å². The molecule has 1 aromatic heterocycles. The van der Waals surface area contributed by atoms with E-state index in [9.17, 15) is 0 Å². The molecule has 5 nitrogen and oxygen atoms in total. The normalized spacial score (nSPS) is 21.3. The lowest BCUT2D eigenvalue weighted by Gasteiger charge is -2.27. The Labute approximate surface area is 128 Å². The topological polar surface area (TPSA) is 44.3 Å². The van der Waals surface area contributed by atoms with E-state index in [4.69, 9.17) is 9.97 Å². The predicted molar refractivity (Wildman–Crippen MR) is 87.8 cm³/mol. The van der Waals surface area contributed by atoms with Gasteiger partial charge in [0.1, 0.15) is 11.6 Å². The smallest absolute Gasteiger partial charge is 0.149 e. The van der Waals surface area contributed by atoms with Crippen LogP contribution in [0.25, 0.3) is 0 Å². The van der Waals surface area contributed by atoms with Crippen LogP contribution in [0.3, 0.4) is 0 Å². The second-order valence-corrected chi connectivity index (χ2v) is 6.18. The molecule has 1 aliphatic heterocycles. The molecule has 1 N–H and O–H groups in total. The van der Waals surface area contributed by atoms with Gasteiger partial charge >= 0.3 is 0 Å². The first-order valence-corrected chi connectivity index (χ1v) is 8.00. The fourth-order valence-corrected chi connectivity index (χ4v) is 2.77. The first-order chi connectivity index (χ1) is 10.0. The lowest BCUT2D eigenvalue weighted by atomic mass is 10.2. The Bertz CT molecular complexity index is 474. The number of nitrogens with one attached hydrogen (secondary N) is 1. The molecule has 1 aromatic rings. The van der Waals surface area contributed by atoms with Gasteiger partial charge in [0.2, 0.25) is 0 Å². The number of aryl methyl sites for hydroxylation is 1. The van der Waals surface area contributed by atoms with Crippen molar-refractivity contribution in [2.45, 2.75) is 39.7 Å². The van der Waals surface area contributed by atoms with Crippen LogP contribution in [-0.4, -0.2) is 60.0 Å². The van der Waals surface area contributed by atoms with Gasteiger partial charge < -0.3 is 10.2 Å². The van der Waals surface area contributed by atoms with E-state index in [-0.39, 0.29) is 6.04 Å². The molecule has 5 heteroatoms. The van der Waals surface area contributed by atoms with Crippen LogP contribution < -0.4 is 5.32 Å². The molecule has 0 aliphatic carbocycles. The van der Waals surface area contributed by atoms with Gasteiger partial charge in [0.05, 0.1) is 6.04 Å². The summed E-state index contributed by atoms with van der Waals surface area (Å²) in [5.41, 5.74) is 2.25. The van der Waals surface area contributed by atoms with Gasteiger partial charge in [0.15, 0.2) is 0 Å². The second-order valence-electron chi connectivity index (χ2n) is 6.18. The van der Waals surface area contributed by atoms with Crippen LogP contribution >= 0.6 is 0 Å². The van der Waals surface area contributed by atoms with Crippen LogP contribution in [0, 0.1) is 13.8 Å². The summed E-state index contributed by atoms with van der Waals surface area (Å²) in [5.74, 6) is 1.95. The standard InChI is InChI=1S/C16H29N5/c1-6-8-17-15-12(2)13(3)18-16(19-15)14-11-20(4)9-7-10-21(14)5/h14H,6-11H2,1-5H3,(H,17,18,19). The molecule has 2 rings (SSSR count). The molecule has 21 heavy (non-hydrogen) atoms. The Kier molecular flexibility index (Phi) is 5.53. The predicted octanol–water partition coefficient (Wildman–Crippen LogP) is 2.22. The summed E-state index contributed by atoms with van der Waals surface area (Å²) in [6.07, 6.45) is 2.30. The van der Waals surface area contributed by atoms with Crippen molar-refractivity contribution < 1.29 is 0 Å². The molecule has 2 heterocycles. The molecule has 1 unspecified atom stereocenters. The second kappa shape index (κ2) is 7.18. The summed E-state index contributed by atoms with van der Waals surface area (Å²) in [6.45, 7) is 10.5. The number of hydrogen-bond donors (Lipinski definition) is 1. The monoisotopic (exact) mass is 291 g/mol. The Morgan fingerprint density at radius 1 is 1.19 bits per heavy atom. The van der Waals surface area contributed by atoms with E-state index < -0.39 is 0 Å². The van der Waals surface area contributed by atoms with Crippen molar-refractivity contribution in [2.24, 2.45) is 0 Å². The van der Waals surface area contributed by atoms with E-state index >= 15 is 0 Å². The molecule has 0 radical (unpaired) electrons. The van der Waals surface area contributed by atoms with Crippen LogP contribution in [0.4, 0.5) is 5.82 Å². The van der Waals surface area contributed by atoms with Crippen LogP contribution in [0.5, 0.6) is 0 Å². The maximum Gasteiger partial charge on any atom is 0.149 e. The van der Waals surface area contributed by atoms with Crippen LogP contribution in [-0.2, 0) is 0 Å². The molecule has 1 saturated heterocycles. The Balaban J connectivity index is 2.30. The highest BCUT2D eigenvalue weighted by molar-refractivity contribution is 5.45. The molecule has 1 atom stereocenters. The minimum Gasteiger partial charge on any atom is -0.370 e. The molecule has 0 aromatic carbocycles. The Hall–Kier alpha value is -1.20. The average molecular weight is 291 g/mol. The van der Waals surface area contributed by atoms with E-state index in [1.54, 1.807) is 0 Å². The number of hydrogen-bond acceptors (Lipinski definition) is 5. The van der Waals surface area contributed by atoms with Crippen molar-refractivity contribution in [3.8, 4) is 0 Å². The van der Waals surface area contributed by atoms with E-state index in [2.05, 4.69) is 50.0 Å². The third kappa shape index (κ3) is 3.92. The van der Waals surface area contributed by atoms with Gasteiger partial charge in [-0.3, -0.25) is 4.90 Å². The largest absolute Gasteiger partial charge is 0.370 e. The van der Waals surface area contributed by atoms with Crippen LogP contribution in [0.1, 0.15) is 42.9 Å². The highest BCUT2D eigenvalue weighted by Crippen LogP contribution is 2.24. The zero-order chi connectivity index (χ0) is 15.4. The van der Waals surface area contributed by atoms with E-state index in [1.807, 2.05) is 0 Å². The number of aromatic nitrogens is 2. The van der Waals surface area contributed by atoms with E-state index in [0.29, 0.717) is 0 Å². The summed E-state index contributed by atoms with van der Waals surface area (Å²) in [7, 11) is 4.37. The number of anilines is 1. The Morgan fingerprint density at radius 3 is 2.67 bits per heavy atom. The van der Waals surface area contributed by atoms with Gasteiger partial charge in [-0.25, -0.2) is 9.97 Å². The first-order valence-electron chi connectivity index (χ1n) is 8.00. The van der Waals surface area contributed by atoms with Crippen molar-refractivity contribution >= 4 is 5.82 Å². The van der Waals surface area contributed by atoms with Gasteiger partial charge in [-0.1, -0.05) is 6.92 Å².